The van der Waals surface area contributed by atoms with E-state index in [1.54, 1.807) is 0 Å². The first-order valence-electron chi connectivity index (χ1n) is 8.38. The average molecular weight is 298 g/mol. The van der Waals surface area contributed by atoms with Crippen LogP contribution in [0.2, 0.25) is 0 Å². The molecule has 0 bridgehead atoms. The molecule has 3 aromatic carbocycles. The summed E-state index contributed by atoms with van der Waals surface area (Å²) in [5.41, 5.74) is 5.78. The van der Waals surface area contributed by atoms with Crippen LogP contribution >= 0.6 is 0 Å². The molecule has 0 radical (unpaired) electrons. The van der Waals surface area contributed by atoms with Crippen molar-refractivity contribution in [1.82, 2.24) is 0 Å². The number of benzene rings is 3. The van der Waals surface area contributed by atoms with E-state index in [0.717, 1.165) is 0 Å². The number of hydrogen-bond acceptors (Lipinski definition) is 0. The van der Waals surface area contributed by atoms with E-state index in [1.807, 2.05) is 0 Å². The fourth-order valence-electron chi connectivity index (χ4n) is 4.33. The molecule has 0 aromatic heterocycles. The molecular formula is C23H22. The number of hydrogen-bond donors (Lipinski definition) is 0. The Kier molecular flexibility index (Phi) is 2.99. The lowest BCUT2D eigenvalue weighted by molar-refractivity contribution is 0.660. The van der Waals surface area contributed by atoms with Gasteiger partial charge >= 0.3 is 0 Å². The van der Waals surface area contributed by atoms with Crippen molar-refractivity contribution in [3.05, 3.63) is 77.4 Å². The lowest BCUT2D eigenvalue weighted by atomic mass is 9.82. The van der Waals surface area contributed by atoms with Crippen LogP contribution in [0.3, 0.4) is 0 Å². The molecule has 0 aliphatic heterocycles. The quantitative estimate of drug-likeness (QED) is 0.408. The predicted octanol–water partition coefficient (Wildman–Crippen LogP) is 6.63. The molecule has 0 spiro atoms. The Labute approximate surface area is 138 Å². The lowest BCUT2D eigenvalue weighted by Gasteiger charge is -2.21. The van der Waals surface area contributed by atoms with Crippen LogP contribution < -0.4 is 0 Å². The normalized spacial score (nSPS) is 19.8. The van der Waals surface area contributed by atoms with Gasteiger partial charge in [-0.05, 0) is 57.7 Å². The summed E-state index contributed by atoms with van der Waals surface area (Å²) in [6.07, 6.45) is 4.56. The van der Waals surface area contributed by atoms with Gasteiger partial charge in [-0.2, -0.15) is 0 Å². The van der Waals surface area contributed by atoms with Crippen molar-refractivity contribution in [2.75, 3.05) is 0 Å². The largest absolute Gasteiger partial charge is 0.0829 e. The van der Waals surface area contributed by atoms with E-state index in [4.69, 9.17) is 0 Å². The van der Waals surface area contributed by atoms with Gasteiger partial charge in [0.25, 0.3) is 0 Å². The summed E-state index contributed by atoms with van der Waals surface area (Å²) < 4.78 is 0. The third-order valence-electron chi connectivity index (χ3n) is 5.41. The van der Waals surface area contributed by atoms with Gasteiger partial charge in [0, 0.05) is 5.41 Å². The molecule has 114 valence electrons. The van der Waals surface area contributed by atoms with Gasteiger partial charge in [0.2, 0.25) is 0 Å². The second-order valence-corrected chi connectivity index (χ2v) is 6.90. The van der Waals surface area contributed by atoms with Crippen molar-refractivity contribution in [3.8, 4) is 0 Å². The first-order chi connectivity index (χ1) is 11.1. The van der Waals surface area contributed by atoms with Crippen LogP contribution in [0, 0.1) is 0 Å². The molecule has 23 heavy (non-hydrogen) atoms. The molecule has 0 saturated carbocycles. The van der Waals surface area contributed by atoms with Gasteiger partial charge in [0.1, 0.15) is 0 Å². The van der Waals surface area contributed by atoms with E-state index in [1.165, 1.54) is 43.8 Å². The van der Waals surface area contributed by atoms with Crippen LogP contribution in [-0.2, 0) is 5.41 Å². The van der Waals surface area contributed by atoms with Gasteiger partial charge in [-0.1, -0.05) is 74.5 Å². The summed E-state index contributed by atoms with van der Waals surface area (Å²) in [6.45, 7) is 8.99. The van der Waals surface area contributed by atoms with E-state index >= 15 is 0 Å². The Balaban J connectivity index is 2.20. The molecular weight excluding hydrogens is 276 g/mol. The van der Waals surface area contributed by atoms with E-state index in [0.29, 0.717) is 0 Å². The first-order valence-corrected chi connectivity index (χ1v) is 8.38. The number of rotatable bonds is 0. The Morgan fingerprint density at radius 1 is 0.739 bits per heavy atom. The molecule has 1 aliphatic rings. The van der Waals surface area contributed by atoms with Crippen molar-refractivity contribution < 1.29 is 0 Å². The molecule has 0 N–H and O–H groups in total. The van der Waals surface area contributed by atoms with Crippen LogP contribution in [0.15, 0.2) is 66.3 Å². The maximum absolute atomic E-state index is 2.34. The standard InChI is InChI=1S/C23H22/c1-5-16-20(6-2)23(3,4)21-14-13-18-17-10-8-7-9-15(17)11-12-19(18)22(16)21/h5-14H,1-4H3/b16-5+,20-6+. The third-order valence-corrected chi connectivity index (χ3v) is 5.41. The van der Waals surface area contributed by atoms with Crippen LogP contribution in [0.25, 0.3) is 27.1 Å². The molecule has 0 amide bonds. The summed E-state index contributed by atoms with van der Waals surface area (Å²) in [7, 11) is 0. The Hall–Kier alpha value is -2.34. The van der Waals surface area contributed by atoms with E-state index in [9.17, 15) is 0 Å². The van der Waals surface area contributed by atoms with Crippen molar-refractivity contribution in [3.63, 3.8) is 0 Å². The molecule has 0 unspecified atom stereocenters. The molecule has 0 heteroatoms. The minimum atomic E-state index is 0.0752. The Bertz CT molecular complexity index is 997. The smallest absolute Gasteiger partial charge is 0.0155 e. The zero-order valence-corrected chi connectivity index (χ0v) is 14.3. The van der Waals surface area contributed by atoms with E-state index in [2.05, 4.69) is 88.4 Å². The average Bonchev–Trinajstić information content (AvgIpc) is 2.80. The lowest BCUT2D eigenvalue weighted by Crippen LogP contribution is -2.14. The monoisotopic (exact) mass is 298 g/mol. The number of fused-ring (bicyclic) bond motifs is 5. The molecule has 0 nitrogen and oxygen atoms in total. The maximum Gasteiger partial charge on any atom is 0.0155 e. The highest BCUT2D eigenvalue weighted by atomic mass is 14.4. The minimum Gasteiger partial charge on any atom is -0.0829 e. The van der Waals surface area contributed by atoms with Crippen molar-refractivity contribution >= 4 is 27.1 Å². The van der Waals surface area contributed by atoms with Gasteiger partial charge in [0.05, 0.1) is 0 Å². The Morgan fingerprint density at radius 2 is 1.48 bits per heavy atom. The predicted molar refractivity (Wildman–Crippen MR) is 102 cm³/mol. The summed E-state index contributed by atoms with van der Waals surface area (Å²) in [5.74, 6) is 0. The van der Waals surface area contributed by atoms with Crippen molar-refractivity contribution in [2.45, 2.75) is 33.1 Å². The van der Waals surface area contributed by atoms with Gasteiger partial charge in [-0.3, -0.25) is 0 Å². The van der Waals surface area contributed by atoms with Crippen LogP contribution in [0.5, 0.6) is 0 Å². The molecule has 0 heterocycles. The van der Waals surface area contributed by atoms with Crippen molar-refractivity contribution in [1.29, 1.82) is 0 Å². The minimum absolute atomic E-state index is 0.0752. The van der Waals surface area contributed by atoms with Crippen LogP contribution in [-0.4, -0.2) is 0 Å². The van der Waals surface area contributed by atoms with Crippen LogP contribution in [0.1, 0.15) is 38.8 Å². The fraction of sp³-hybridized carbons (Fsp3) is 0.217. The van der Waals surface area contributed by atoms with Crippen molar-refractivity contribution in [2.24, 2.45) is 0 Å². The zero-order chi connectivity index (χ0) is 16.2. The second-order valence-electron chi connectivity index (χ2n) is 6.90. The molecule has 0 atom stereocenters. The SMILES string of the molecule is C/C=C1\C(=C/C)c2c(ccc3c2ccc2ccccc23)C1(C)C. The second kappa shape index (κ2) is 4.83. The molecule has 0 fully saturated rings. The molecule has 1 aliphatic carbocycles. The van der Waals surface area contributed by atoms with Gasteiger partial charge in [0.15, 0.2) is 0 Å². The fourth-order valence-corrected chi connectivity index (χ4v) is 4.33. The van der Waals surface area contributed by atoms with Gasteiger partial charge in [-0.15, -0.1) is 0 Å². The Morgan fingerprint density at radius 3 is 2.22 bits per heavy atom. The third kappa shape index (κ3) is 1.78. The molecule has 0 saturated heterocycles. The maximum atomic E-state index is 2.34. The van der Waals surface area contributed by atoms with Gasteiger partial charge < -0.3 is 0 Å². The summed E-state index contributed by atoms with van der Waals surface area (Å²) in [5, 5.41) is 5.38. The topological polar surface area (TPSA) is 0 Å². The highest BCUT2D eigenvalue weighted by Crippen LogP contribution is 2.52. The summed E-state index contributed by atoms with van der Waals surface area (Å²) >= 11 is 0. The highest BCUT2D eigenvalue weighted by Gasteiger charge is 2.38. The molecule has 3 aromatic rings. The van der Waals surface area contributed by atoms with Gasteiger partial charge in [-0.25, -0.2) is 0 Å². The zero-order valence-electron chi connectivity index (χ0n) is 14.3. The summed E-state index contributed by atoms with van der Waals surface area (Å²) in [4.78, 5) is 0. The van der Waals surface area contributed by atoms with E-state index in [-0.39, 0.29) is 5.41 Å². The molecule has 4 rings (SSSR count). The van der Waals surface area contributed by atoms with E-state index < -0.39 is 0 Å². The number of allylic oxidation sites excluding steroid dienone is 4. The summed E-state index contributed by atoms with van der Waals surface area (Å²) in [6, 6.07) is 17.9. The highest BCUT2D eigenvalue weighted by molar-refractivity contribution is 6.13. The van der Waals surface area contributed by atoms with Crippen LogP contribution in [0.4, 0.5) is 0 Å². The first kappa shape index (κ1) is 14.3.